The molecule has 1 aromatic rings. The van der Waals surface area contributed by atoms with Gasteiger partial charge in [0.2, 0.25) is 0 Å². The van der Waals surface area contributed by atoms with Gasteiger partial charge in [-0.3, -0.25) is 9.89 Å². The van der Waals surface area contributed by atoms with Crippen LogP contribution in [-0.2, 0) is 6.42 Å². The van der Waals surface area contributed by atoms with Gasteiger partial charge in [0.25, 0.3) is 0 Å². The van der Waals surface area contributed by atoms with Gasteiger partial charge in [-0.15, -0.1) is 24.0 Å². The molecular formula is C17H31IN4O. The second kappa shape index (κ2) is 10.9. The fraction of sp³-hybridized carbons (Fsp3) is 0.706. The summed E-state index contributed by atoms with van der Waals surface area (Å²) in [4.78, 5) is 6.90. The number of aliphatic imine (C=N–C) groups is 1. The lowest BCUT2D eigenvalue weighted by atomic mass is 10.1. The van der Waals surface area contributed by atoms with Crippen LogP contribution in [0.4, 0.5) is 0 Å². The highest BCUT2D eigenvalue weighted by Crippen LogP contribution is 2.17. The number of nitrogens with zero attached hydrogens (tertiary/aromatic N) is 2. The summed E-state index contributed by atoms with van der Waals surface area (Å²) < 4.78 is 5.33. The molecule has 0 spiro atoms. The number of furan rings is 1. The van der Waals surface area contributed by atoms with Gasteiger partial charge in [0.15, 0.2) is 5.96 Å². The molecule has 1 aliphatic heterocycles. The van der Waals surface area contributed by atoms with Crippen molar-refractivity contribution in [2.75, 3.05) is 33.2 Å². The number of guanidine groups is 1. The van der Waals surface area contributed by atoms with Gasteiger partial charge < -0.3 is 15.1 Å². The van der Waals surface area contributed by atoms with Crippen molar-refractivity contribution in [2.45, 2.75) is 39.2 Å². The largest absolute Gasteiger partial charge is 0.469 e. The van der Waals surface area contributed by atoms with E-state index >= 15 is 0 Å². The molecule has 5 nitrogen and oxygen atoms in total. The first-order chi connectivity index (χ1) is 10.7. The molecule has 0 radical (unpaired) electrons. The summed E-state index contributed by atoms with van der Waals surface area (Å²) in [6, 6.07) is 4.55. The minimum absolute atomic E-state index is 0. The number of rotatable bonds is 7. The van der Waals surface area contributed by atoms with Crippen molar-refractivity contribution in [3.8, 4) is 0 Å². The first kappa shape index (κ1) is 20.3. The zero-order valence-corrected chi connectivity index (χ0v) is 16.9. The monoisotopic (exact) mass is 434 g/mol. The third-order valence-electron chi connectivity index (χ3n) is 4.07. The zero-order chi connectivity index (χ0) is 15.8. The summed E-state index contributed by atoms with van der Waals surface area (Å²) in [5, 5.41) is 6.81. The van der Waals surface area contributed by atoms with E-state index in [1.807, 2.05) is 19.2 Å². The van der Waals surface area contributed by atoms with Crippen molar-refractivity contribution in [3.05, 3.63) is 24.2 Å². The summed E-state index contributed by atoms with van der Waals surface area (Å²) in [5.41, 5.74) is 0. The normalized spacial score (nSPS) is 19.0. The molecule has 1 aromatic heterocycles. The van der Waals surface area contributed by atoms with E-state index in [-0.39, 0.29) is 24.0 Å². The van der Waals surface area contributed by atoms with Gasteiger partial charge in [0.1, 0.15) is 5.76 Å². The Morgan fingerprint density at radius 1 is 1.43 bits per heavy atom. The van der Waals surface area contributed by atoms with Crippen molar-refractivity contribution in [2.24, 2.45) is 10.9 Å². The molecule has 2 heterocycles. The van der Waals surface area contributed by atoms with E-state index < -0.39 is 0 Å². The van der Waals surface area contributed by atoms with Crippen LogP contribution in [0.25, 0.3) is 0 Å². The molecule has 2 N–H and O–H groups in total. The first-order valence-corrected chi connectivity index (χ1v) is 8.40. The highest BCUT2D eigenvalue weighted by atomic mass is 127. The molecule has 132 valence electrons. The Bertz CT molecular complexity index is 447. The van der Waals surface area contributed by atoms with Gasteiger partial charge in [-0.25, -0.2) is 0 Å². The lowest BCUT2D eigenvalue weighted by Crippen LogP contribution is -2.46. The maximum absolute atomic E-state index is 5.33. The van der Waals surface area contributed by atoms with Crippen LogP contribution in [0.15, 0.2) is 27.8 Å². The Kier molecular flexibility index (Phi) is 9.62. The zero-order valence-electron chi connectivity index (χ0n) is 14.5. The van der Waals surface area contributed by atoms with Gasteiger partial charge in [-0.05, 0) is 37.4 Å². The molecule has 0 saturated carbocycles. The lowest BCUT2D eigenvalue weighted by molar-refractivity contribution is 0.226. The van der Waals surface area contributed by atoms with Gasteiger partial charge in [0.05, 0.1) is 6.26 Å². The predicted octanol–water partition coefficient (Wildman–Crippen LogP) is 2.73. The predicted molar refractivity (Wildman–Crippen MR) is 107 cm³/mol. The quantitative estimate of drug-likeness (QED) is 0.394. The molecular weight excluding hydrogens is 403 g/mol. The van der Waals surface area contributed by atoms with Crippen molar-refractivity contribution in [3.63, 3.8) is 0 Å². The fourth-order valence-electron chi connectivity index (χ4n) is 3.03. The van der Waals surface area contributed by atoms with E-state index in [1.54, 1.807) is 6.26 Å². The van der Waals surface area contributed by atoms with E-state index in [4.69, 9.17) is 4.42 Å². The van der Waals surface area contributed by atoms with Crippen LogP contribution in [0.5, 0.6) is 0 Å². The average Bonchev–Trinajstić information content (AvgIpc) is 3.14. The average molecular weight is 434 g/mol. The number of hydrogen-bond acceptors (Lipinski definition) is 3. The van der Waals surface area contributed by atoms with E-state index in [0.717, 1.165) is 37.1 Å². The van der Waals surface area contributed by atoms with Crippen molar-refractivity contribution < 1.29 is 4.42 Å². The van der Waals surface area contributed by atoms with Crippen molar-refractivity contribution in [1.82, 2.24) is 15.5 Å². The molecule has 1 saturated heterocycles. The SMILES string of the molecule is CN=C(NCCc1ccco1)NC[C@H]1CCCN1CC(C)C.I. The maximum Gasteiger partial charge on any atom is 0.191 e. The van der Waals surface area contributed by atoms with E-state index in [1.165, 1.54) is 25.9 Å². The van der Waals surface area contributed by atoms with Crippen molar-refractivity contribution in [1.29, 1.82) is 0 Å². The van der Waals surface area contributed by atoms with Crippen LogP contribution in [0.3, 0.4) is 0 Å². The van der Waals surface area contributed by atoms with Gasteiger partial charge in [-0.1, -0.05) is 13.8 Å². The van der Waals surface area contributed by atoms with Crippen molar-refractivity contribution >= 4 is 29.9 Å². The number of likely N-dealkylation sites (tertiary alicyclic amines) is 1. The molecule has 0 aliphatic carbocycles. The maximum atomic E-state index is 5.33. The van der Waals surface area contributed by atoms with Crippen LogP contribution in [0.2, 0.25) is 0 Å². The van der Waals surface area contributed by atoms with E-state index in [0.29, 0.717) is 6.04 Å². The van der Waals surface area contributed by atoms with Crippen LogP contribution >= 0.6 is 24.0 Å². The number of hydrogen-bond donors (Lipinski definition) is 2. The van der Waals surface area contributed by atoms with Gasteiger partial charge in [0, 0.05) is 39.1 Å². The number of halogens is 1. The van der Waals surface area contributed by atoms with E-state index in [9.17, 15) is 0 Å². The summed E-state index contributed by atoms with van der Waals surface area (Å²) in [7, 11) is 1.82. The summed E-state index contributed by atoms with van der Waals surface area (Å²) in [5.74, 6) is 2.61. The first-order valence-electron chi connectivity index (χ1n) is 8.40. The minimum atomic E-state index is 0. The Morgan fingerprint density at radius 3 is 2.91 bits per heavy atom. The molecule has 6 heteroatoms. The molecule has 1 fully saturated rings. The van der Waals surface area contributed by atoms with Crippen LogP contribution < -0.4 is 10.6 Å². The topological polar surface area (TPSA) is 52.8 Å². The standard InChI is InChI=1S/C17H30N4O.HI/c1-14(2)13-21-10-4-6-15(21)12-20-17(18-3)19-9-8-16-7-5-11-22-16;/h5,7,11,14-15H,4,6,8-10,12-13H2,1-3H3,(H2,18,19,20);1H/t15-;/m1./s1. The Labute approximate surface area is 157 Å². The third-order valence-corrected chi connectivity index (χ3v) is 4.07. The highest BCUT2D eigenvalue weighted by Gasteiger charge is 2.24. The van der Waals surface area contributed by atoms with Crippen LogP contribution in [0, 0.1) is 5.92 Å². The fourth-order valence-corrected chi connectivity index (χ4v) is 3.03. The molecule has 0 bridgehead atoms. The summed E-state index contributed by atoms with van der Waals surface area (Å²) in [6.45, 7) is 8.79. The number of nitrogens with one attached hydrogen (secondary N) is 2. The molecule has 23 heavy (non-hydrogen) atoms. The molecule has 1 atom stereocenters. The Balaban J connectivity index is 0.00000264. The molecule has 0 aromatic carbocycles. The molecule has 0 unspecified atom stereocenters. The summed E-state index contributed by atoms with van der Waals surface area (Å²) in [6.07, 6.45) is 5.18. The van der Waals surface area contributed by atoms with Gasteiger partial charge in [-0.2, -0.15) is 0 Å². The Morgan fingerprint density at radius 2 is 2.26 bits per heavy atom. The molecule has 0 amide bonds. The third kappa shape index (κ3) is 7.12. The lowest BCUT2D eigenvalue weighted by Gasteiger charge is -2.27. The van der Waals surface area contributed by atoms with Gasteiger partial charge >= 0.3 is 0 Å². The highest BCUT2D eigenvalue weighted by molar-refractivity contribution is 14.0. The molecule has 2 rings (SSSR count). The Hall–Kier alpha value is -0.760. The second-order valence-corrected chi connectivity index (χ2v) is 6.39. The minimum Gasteiger partial charge on any atom is -0.469 e. The van der Waals surface area contributed by atoms with Crippen LogP contribution in [0.1, 0.15) is 32.4 Å². The molecule has 1 aliphatic rings. The smallest absolute Gasteiger partial charge is 0.191 e. The van der Waals surface area contributed by atoms with E-state index in [2.05, 4.69) is 34.4 Å². The van der Waals surface area contributed by atoms with Crippen LogP contribution in [-0.4, -0.2) is 50.1 Å². The summed E-state index contributed by atoms with van der Waals surface area (Å²) >= 11 is 0. The second-order valence-electron chi connectivity index (χ2n) is 6.39.